The molecule has 0 unspecified atom stereocenters. The molecule has 2 N–H and O–H groups in total. The van der Waals surface area contributed by atoms with E-state index >= 15 is 0 Å². The lowest BCUT2D eigenvalue weighted by Gasteiger charge is -2.15. The molecule has 0 radical (unpaired) electrons. The second-order valence-electron chi connectivity index (χ2n) is 5.60. The summed E-state index contributed by atoms with van der Waals surface area (Å²) in [5.41, 5.74) is 6.79. The molecule has 0 saturated carbocycles. The third-order valence-corrected chi connectivity index (χ3v) is 3.78. The SMILES string of the molecule is CCCCC(C(N)=O)=C(CCCC)c1ccc(C(F)(F)F)cc1. The van der Waals surface area contributed by atoms with Crippen molar-refractivity contribution in [3.63, 3.8) is 0 Å². The number of hydrogen-bond donors (Lipinski definition) is 1. The smallest absolute Gasteiger partial charge is 0.366 e. The molecular formula is C18H24F3NO. The first-order valence-corrected chi connectivity index (χ1v) is 8.00. The molecule has 1 amide bonds. The zero-order valence-electron chi connectivity index (χ0n) is 13.7. The van der Waals surface area contributed by atoms with Crippen molar-refractivity contribution in [1.29, 1.82) is 0 Å². The molecule has 0 aliphatic heterocycles. The summed E-state index contributed by atoms with van der Waals surface area (Å²) in [4.78, 5) is 11.8. The Bertz CT molecular complexity index is 544. The monoisotopic (exact) mass is 327 g/mol. The third kappa shape index (κ3) is 5.73. The third-order valence-electron chi connectivity index (χ3n) is 3.78. The highest BCUT2D eigenvalue weighted by molar-refractivity contribution is 6.00. The average molecular weight is 327 g/mol. The van der Waals surface area contributed by atoms with Crippen LogP contribution >= 0.6 is 0 Å². The van der Waals surface area contributed by atoms with Crippen LogP contribution in [0.25, 0.3) is 5.57 Å². The largest absolute Gasteiger partial charge is 0.416 e. The predicted molar refractivity (Wildman–Crippen MR) is 86.6 cm³/mol. The Kier molecular flexibility index (Phi) is 7.33. The minimum absolute atomic E-state index is 0.482. The first kappa shape index (κ1) is 19.3. The lowest BCUT2D eigenvalue weighted by molar-refractivity contribution is -0.137. The molecule has 0 aromatic heterocycles. The summed E-state index contributed by atoms with van der Waals surface area (Å²) in [5.74, 6) is -0.482. The molecule has 0 aliphatic rings. The highest BCUT2D eigenvalue weighted by atomic mass is 19.4. The maximum Gasteiger partial charge on any atom is 0.416 e. The molecule has 5 heteroatoms. The van der Waals surface area contributed by atoms with Gasteiger partial charge < -0.3 is 5.73 Å². The number of alkyl halides is 3. The van der Waals surface area contributed by atoms with E-state index in [9.17, 15) is 18.0 Å². The molecule has 23 heavy (non-hydrogen) atoms. The molecule has 0 saturated heterocycles. The summed E-state index contributed by atoms with van der Waals surface area (Å²) in [7, 11) is 0. The molecule has 1 aromatic carbocycles. The second-order valence-corrected chi connectivity index (χ2v) is 5.60. The maximum absolute atomic E-state index is 12.7. The van der Waals surface area contributed by atoms with Crippen LogP contribution in [-0.4, -0.2) is 5.91 Å². The molecule has 1 aromatic rings. The van der Waals surface area contributed by atoms with E-state index in [4.69, 9.17) is 5.73 Å². The van der Waals surface area contributed by atoms with Gasteiger partial charge in [0, 0.05) is 5.57 Å². The molecule has 0 bridgehead atoms. The Morgan fingerprint density at radius 1 is 1.00 bits per heavy atom. The molecule has 0 fully saturated rings. The van der Waals surface area contributed by atoms with Gasteiger partial charge in [-0.05, 0) is 49.0 Å². The number of carbonyl (C=O) groups excluding carboxylic acids is 1. The zero-order valence-corrected chi connectivity index (χ0v) is 13.7. The van der Waals surface area contributed by atoms with Crippen LogP contribution in [0.2, 0.25) is 0 Å². The van der Waals surface area contributed by atoms with Gasteiger partial charge in [-0.3, -0.25) is 4.79 Å². The number of nitrogens with two attached hydrogens (primary N) is 1. The van der Waals surface area contributed by atoms with E-state index in [1.165, 1.54) is 12.1 Å². The van der Waals surface area contributed by atoms with E-state index in [-0.39, 0.29) is 0 Å². The summed E-state index contributed by atoms with van der Waals surface area (Å²) in [5, 5.41) is 0. The number of unbranched alkanes of at least 4 members (excludes halogenated alkanes) is 2. The Balaban J connectivity index is 3.25. The van der Waals surface area contributed by atoms with Crippen molar-refractivity contribution < 1.29 is 18.0 Å². The maximum atomic E-state index is 12.7. The number of allylic oxidation sites excluding steroid dienone is 1. The van der Waals surface area contributed by atoms with Crippen LogP contribution in [-0.2, 0) is 11.0 Å². The van der Waals surface area contributed by atoms with Gasteiger partial charge in [-0.15, -0.1) is 0 Å². The number of carbonyl (C=O) groups is 1. The van der Waals surface area contributed by atoms with Crippen molar-refractivity contribution in [3.05, 3.63) is 41.0 Å². The van der Waals surface area contributed by atoms with E-state index in [0.717, 1.165) is 43.4 Å². The molecule has 0 heterocycles. The summed E-state index contributed by atoms with van der Waals surface area (Å²) in [6.45, 7) is 4.04. The fraction of sp³-hybridized carbons (Fsp3) is 0.500. The normalized spacial score (nSPS) is 12.9. The van der Waals surface area contributed by atoms with Crippen LogP contribution in [0.15, 0.2) is 29.8 Å². The topological polar surface area (TPSA) is 43.1 Å². The molecular weight excluding hydrogens is 303 g/mol. The van der Waals surface area contributed by atoms with Crippen molar-refractivity contribution in [3.8, 4) is 0 Å². The highest BCUT2D eigenvalue weighted by Crippen LogP contribution is 2.32. The molecule has 0 aliphatic carbocycles. The fourth-order valence-electron chi connectivity index (χ4n) is 2.46. The molecule has 2 nitrogen and oxygen atoms in total. The van der Waals surface area contributed by atoms with Crippen LogP contribution in [0.3, 0.4) is 0 Å². The van der Waals surface area contributed by atoms with Crippen molar-refractivity contribution in [2.75, 3.05) is 0 Å². The summed E-state index contributed by atoms with van der Waals surface area (Å²) in [6, 6.07) is 4.98. The van der Waals surface area contributed by atoms with Crippen LogP contribution in [0.1, 0.15) is 63.5 Å². The summed E-state index contributed by atoms with van der Waals surface area (Å²) < 4.78 is 38.1. The Morgan fingerprint density at radius 3 is 1.96 bits per heavy atom. The minimum atomic E-state index is -4.36. The summed E-state index contributed by atoms with van der Waals surface area (Å²) >= 11 is 0. The Labute approximate surface area is 135 Å². The number of benzene rings is 1. The first-order valence-electron chi connectivity index (χ1n) is 8.00. The van der Waals surface area contributed by atoms with Crippen LogP contribution < -0.4 is 5.73 Å². The van der Waals surface area contributed by atoms with E-state index in [1.54, 1.807) is 0 Å². The van der Waals surface area contributed by atoms with Crippen molar-refractivity contribution in [1.82, 2.24) is 0 Å². The van der Waals surface area contributed by atoms with E-state index in [2.05, 4.69) is 0 Å². The van der Waals surface area contributed by atoms with E-state index < -0.39 is 17.6 Å². The van der Waals surface area contributed by atoms with Gasteiger partial charge in [0.2, 0.25) is 5.91 Å². The van der Waals surface area contributed by atoms with Gasteiger partial charge >= 0.3 is 6.18 Å². The van der Waals surface area contributed by atoms with Gasteiger partial charge in [0.05, 0.1) is 5.56 Å². The Hall–Kier alpha value is -1.78. The molecule has 1 rings (SSSR count). The van der Waals surface area contributed by atoms with Gasteiger partial charge in [-0.25, -0.2) is 0 Å². The number of primary amides is 1. The average Bonchev–Trinajstić information content (AvgIpc) is 2.49. The number of amides is 1. The van der Waals surface area contributed by atoms with E-state index in [1.807, 2.05) is 13.8 Å². The summed E-state index contributed by atoms with van der Waals surface area (Å²) in [6.07, 6.45) is 0.388. The number of halogens is 3. The van der Waals surface area contributed by atoms with Crippen LogP contribution in [0.4, 0.5) is 13.2 Å². The molecule has 0 atom stereocenters. The predicted octanol–water partition coefficient (Wildman–Crippen LogP) is 5.32. The molecule has 128 valence electrons. The Morgan fingerprint density at radius 2 is 1.52 bits per heavy atom. The van der Waals surface area contributed by atoms with Crippen LogP contribution in [0, 0.1) is 0 Å². The first-order chi connectivity index (χ1) is 10.8. The second kappa shape index (κ2) is 8.75. The minimum Gasteiger partial charge on any atom is -0.366 e. The zero-order chi connectivity index (χ0) is 17.5. The van der Waals surface area contributed by atoms with Crippen molar-refractivity contribution in [2.45, 2.75) is 58.5 Å². The van der Waals surface area contributed by atoms with Crippen LogP contribution in [0.5, 0.6) is 0 Å². The lowest BCUT2D eigenvalue weighted by atomic mass is 9.91. The van der Waals surface area contributed by atoms with E-state index in [0.29, 0.717) is 24.0 Å². The number of hydrogen-bond acceptors (Lipinski definition) is 1. The number of rotatable bonds is 8. The lowest BCUT2D eigenvalue weighted by Crippen LogP contribution is -2.16. The quantitative estimate of drug-likeness (QED) is 0.645. The van der Waals surface area contributed by atoms with Gasteiger partial charge in [0.25, 0.3) is 0 Å². The van der Waals surface area contributed by atoms with Gasteiger partial charge in [0.1, 0.15) is 0 Å². The van der Waals surface area contributed by atoms with Crippen molar-refractivity contribution in [2.24, 2.45) is 5.73 Å². The van der Waals surface area contributed by atoms with Gasteiger partial charge in [-0.1, -0.05) is 38.8 Å². The van der Waals surface area contributed by atoms with Crippen molar-refractivity contribution >= 4 is 11.5 Å². The fourth-order valence-corrected chi connectivity index (χ4v) is 2.46. The van der Waals surface area contributed by atoms with Gasteiger partial charge in [0.15, 0.2) is 0 Å². The van der Waals surface area contributed by atoms with Gasteiger partial charge in [-0.2, -0.15) is 13.2 Å². The molecule has 0 spiro atoms. The standard InChI is InChI=1S/C18H24F3NO/c1-3-5-7-15(16(17(22)23)8-6-4-2)13-9-11-14(12-10-13)18(19,20)21/h9-12H,3-8H2,1-2H3,(H2,22,23). The highest BCUT2D eigenvalue weighted by Gasteiger charge is 2.30.